The fourth-order valence-corrected chi connectivity index (χ4v) is 4.68. The van der Waals surface area contributed by atoms with E-state index < -0.39 is 0 Å². The summed E-state index contributed by atoms with van der Waals surface area (Å²) in [5, 5.41) is 0. The maximum atomic E-state index is 12.8. The third kappa shape index (κ3) is 4.55. The number of aryl methyl sites for hydroxylation is 1. The lowest BCUT2D eigenvalue weighted by Gasteiger charge is -2.10. The van der Waals surface area contributed by atoms with Gasteiger partial charge < -0.3 is 15.3 Å². The topological polar surface area (TPSA) is 120 Å². The SMILES string of the molecule is NC(=O)CCn1c(-c2ccc(-c3ccncc3)cc2)nc2cc3[nH]c(=O)c(Cc4ccccc4)nc3cc21. The number of hydrogen-bond acceptors (Lipinski definition) is 5. The molecule has 0 unspecified atom stereocenters. The number of rotatable bonds is 7. The molecule has 3 aromatic heterocycles. The number of aromatic nitrogens is 5. The molecular weight excluding hydrogens is 476 g/mol. The van der Waals surface area contributed by atoms with Gasteiger partial charge in [0.2, 0.25) is 5.91 Å². The van der Waals surface area contributed by atoms with Crippen molar-refractivity contribution in [1.82, 2.24) is 24.5 Å². The molecule has 8 nitrogen and oxygen atoms in total. The van der Waals surface area contributed by atoms with Crippen molar-refractivity contribution >= 4 is 28.0 Å². The van der Waals surface area contributed by atoms with Crippen LogP contribution in [0.4, 0.5) is 0 Å². The van der Waals surface area contributed by atoms with Crippen molar-refractivity contribution in [3.8, 4) is 22.5 Å². The van der Waals surface area contributed by atoms with Crippen molar-refractivity contribution in [2.45, 2.75) is 19.4 Å². The van der Waals surface area contributed by atoms with Gasteiger partial charge in [0.05, 0.1) is 22.1 Å². The number of primary amides is 1. The van der Waals surface area contributed by atoms with Gasteiger partial charge in [-0.05, 0) is 41.0 Å². The molecule has 3 aromatic carbocycles. The summed E-state index contributed by atoms with van der Waals surface area (Å²) in [5.41, 5.74) is 12.5. The molecule has 0 atom stereocenters. The minimum atomic E-state index is -0.390. The van der Waals surface area contributed by atoms with Crippen molar-refractivity contribution < 1.29 is 4.79 Å². The number of nitrogens with zero attached hydrogens (tertiary/aromatic N) is 4. The number of benzene rings is 3. The van der Waals surface area contributed by atoms with Crippen molar-refractivity contribution in [3.63, 3.8) is 0 Å². The average Bonchev–Trinajstić information content (AvgIpc) is 3.29. The molecule has 0 saturated heterocycles. The van der Waals surface area contributed by atoms with Gasteiger partial charge in [0.15, 0.2) is 0 Å². The highest BCUT2D eigenvalue weighted by molar-refractivity contribution is 5.93. The van der Waals surface area contributed by atoms with E-state index in [1.807, 2.05) is 83.4 Å². The summed E-state index contributed by atoms with van der Waals surface area (Å²) >= 11 is 0. The molecular formula is C30H24N6O2. The first-order valence-electron chi connectivity index (χ1n) is 12.3. The molecule has 0 fully saturated rings. The van der Waals surface area contributed by atoms with E-state index in [1.165, 1.54) is 0 Å². The Labute approximate surface area is 217 Å². The van der Waals surface area contributed by atoms with Crippen LogP contribution in [0.1, 0.15) is 17.7 Å². The molecule has 0 radical (unpaired) electrons. The first-order chi connectivity index (χ1) is 18.5. The number of pyridine rings is 1. The van der Waals surface area contributed by atoms with Crippen molar-refractivity contribution in [2.75, 3.05) is 0 Å². The smallest absolute Gasteiger partial charge is 0.270 e. The van der Waals surface area contributed by atoms with Gasteiger partial charge in [-0.25, -0.2) is 9.97 Å². The third-order valence-electron chi connectivity index (χ3n) is 6.58. The Hall–Kier alpha value is -5.11. The number of carbonyl (C=O) groups excluding carboxylic acids is 1. The normalized spacial score (nSPS) is 11.3. The lowest BCUT2D eigenvalue weighted by Crippen LogP contribution is -2.16. The second kappa shape index (κ2) is 9.74. The van der Waals surface area contributed by atoms with Crippen LogP contribution in [0.5, 0.6) is 0 Å². The maximum absolute atomic E-state index is 12.8. The van der Waals surface area contributed by atoms with Gasteiger partial charge in [0.1, 0.15) is 11.5 Å². The van der Waals surface area contributed by atoms with E-state index in [0.717, 1.165) is 27.8 Å². The van der Waals surface area contributed by atoms with E-state index in [9.17, 15) is 9.59 Å². The van der Waals surface area contributed by atoms with E-state index in [-0.39, 0.29) is 17.9 Å². The Morgan fingerprint density at radius 2 is 1.55 bits per heavy atom. The summed E-state index contributed by atoms with van der Waals surface area (Å²) in [5.74, 6) is 0.323. The molecule has 0 bridgehead atoms. The minimum absolute atomic E-state index is 0.171. The van der Waals surface area contributed by atoms with Gasteiger partial charge in [0, 0.05) is 37.3 Å². The Morgan fingerprint density at radius 3 is 2.29 bits per heavy atom. The number of aromatic amines is 1. The first-order valence-corrected chi connectivity index (χ1v) is 12.3. The number of carbonyl (C=O) groups is 1. The van der Waals surface area contributed by atoms with Gasteiger partial charge in [-0.2, -0.15) is 0 Å². The number of amides is 1. The zero-order valence-electron chi connectivity index (χ0n) is 20.5. The highest BCUT2D eigenvalue weighted by atomic mass is 16.1. The molecule has 6 aromatic rings. The molecule has 0 aliphatic carbocycles. The predicted molar refractivity (Wildman–Crippen MR) is 147 cm³/mol. The predicted octanol–water partition coefficient (Wildman–Crippen LogP) is 4.47. The summed E-state index contributed by atoms with van der Waals surface area (Å²) in [4.78, 5) is 41.1. The van der Waals surface area contributed by atoms with Crippen LogP contribution in [0.25, 0.3) is 44.6 Å². The van der Waals surface area contributed by atoms with Crippen LogP contribution in [-0.4, -0.2) is 30.4 Å². The van der Waals surface area contributed by atoms with Crippen LogP contribution < -0.4 is 11.3 Å². The maximum Gasteiger partial charge on any atom is 0.270 e. The highest BCUT2D eigenvalue weighted by Crippen LogP contribution is 2.29. The van der Waals surface area contributed by atoms with Gasteiger partial charge in [-0.15, -0.1) is 0 Å². The molecule has 0 aliphatic rings. The zero-order valence-corrected chi connectivity index (χ0v) is 20.5. The number of nitrogens with one attached hydrogen (secondary N) is 1. The summed E-state index contributed by atoms with van der Waals surface area (Å²) in [7, 11) is 0. The van der Waals surface area contributed by atoms with Crippen LogP contribution in [0.2, 0.25) is 0 Å². The van der Waals surface area contributed by atoms with Crippen LogP contribution in [0.3, 0.4) is 0 Å². The fourth-order valence-electron chi connectivity index (χ4n) is 4.68. The molecule has 8 heteroatoms. The molecule has 3 heterocycles. The molecule has 1 amide bonds. The van der Waals surface area contributed by atoms with E-state index in [1.54, 1.807) is 12.4 Å². The minimum Gasteiger partial charge on any atom is -0.370 e. The third-order valence-corrected chi connectivity index (χ3v) is 6.58. The molecule has 186 valence electrons. The standard InChI is InChI=1S/C30H24N6O2/c31-28(37)12-15-36-27-18-24-23(35-30(38)26(33-24)16-19-4-2-1-3-5-19)17-25(27)34-29(36)22-8-6-20(7-9-22)21-10-13-32-14-11-21/h1-11,13-14,17-18H,12,15-16H2,(H2,31,37)(H,35,38). The molecule has 6 rings (SSSR count). The van der Waals surface area contributed by atoms with E-state index in [0.29, 0.717) is 41.0 Å². The van der Waals surface area contributed by atoms with Crippen molar-refractivity contribution in [2.24, 2.45) is 5.73 Å². The average molecular weight is 501 g/mol. The molecule has 3 N–H and O–H groups in total. The van der Waals surface area contributed by atoms with Crippen LogP contribution in [0, 0.1) is 0 Å². The van der Waals surface area contributed by atoms with Gasteiger partial charge in [-0.1, -0.05) is 54.6 Å². The Kier molecular flexibility index (Phi) is 5.97. The van der Waals surface area contributed by atoms with E-state index in [4.69, 9.17) is 15.7 Å². The van der Waals surface area contributed by atoms with Crippen LogP contribution in [0.15, 0.2) is 96.1 Å². The van der Waals surface area contributed by atoms with Crippen LogP contribution >= 0.6 is 0 Å². The number of imidazole rings is 1. The monoisotopic (exact) mass is 500 g/mol. The molecule has 0 saturated carbocycles. The first kappa shape index (κ1) is 23.3. The van der Waals surface area contributed by atoms with Crippen molar-refractivity contribution in [1.29, 1.82) is 0 Å². The van der Waals surface area contributed by atoms with Crippen molar-refractivity contribution in [3.05, 3.63) is 113 Å². The number of nitrogens with two attached hydrogens (primary N) is 1. The Bertz CT molecular complexity index is 1830. The summed E-state index contributed by atoms with van der Waals surface area (Å²) in [6, 6.07) is 25.5. The summed E-state index contributed by atoms with van der Waals surface area (Å²) in [6.07, 6.45) is 4.13. The Morgan fingerprint density at radius 1 is 0.842 bits per heavy atom. The molecule has 0 spiro atoms. The summed E-state index contributed by atoms with van der Waals surface area (Å²) < 4.78 is 1.99. The number of H-pyrrole nitrogens is 1. The van der Waals surface area contributed by atoms with Gasteiger partial charge >= 0.3 is 0 Å². The zero-order chi connectivity index (χ0) is 26.1. The van der Waals surface area contributed by atoms with Gasteiger partial charge in [0.25, 0.3) is 5.56 Å². The highest BCUT2D eigenvalue weighted by Gasteiger charge is 2.16. The Balaban J connectivity index is 1.46. The number of fused-ring (bicyclic) bond motifs is 2. The van der Waals surface area contributed by atoms with Gasteiger partial charge in [-0.3, -0.25) is 14.6 Å². The van der Waals surface area contributed by atoms with E-state index >= 15 is 0 Å². The molecule has 0 aliphatic heterocycles. The van der Waals surface area contributed by atoms with E-state index in [2.05, 4.69) is 9.97 Å². The largest absolute Gasteiger partial charge is 0.370 e. The fraction of sp³-hybridized carbons (Fsp3) is 0.100. The quantitative estimate of drug-likeness (QED) is 0.335. The number of hydrogen-bond donors (Lipinski definition) is 2. The lowest BCUT2D eigenvalue weighted by atomic mass is 10.0. The second-order valence-corrected chi connectivity index (χ2v) is 9.15. The molecule has 38 heavy (non-hydrogen) atoms. The lowest BCUT2D eigenvalue weighted by molar-refractivity contribution is -0.118. The summed E-state index contributed by atoms with van der Waals surface area (Å²) in [6.45, 7) is 0.374. The van der Waals surface area contributed by atoms with Crippen LogP contribution in [-0.2, 0) is 17.8 Å². The second-order valence-electron chi connectivity index (χ2n) is 9.15.